The number of hydrogen-bond donors (Lipinski definition) is 0. The number of rotatable bonds is 6. The second-order valence-corrected chi connectivity index (χ2v) is 7.68. The first-order chi connectivity index (χ1) is 13.6. The molecule has 0 saturated heterocycles. The van der Waals surface area contributed by atoms with Gasteiger partial charge in [-0.25, -0.2) is 0 Å². The Morgan fingerprint density at radius 2 is 1.39 bits per heavy atom. The highest BCUT2D eigenvalue weighted by molar-refractivity contribution is 5.44. The van der Waals surface area contributed by atoms with Crippen LogP contribution in [0.1, 0.15) is 62.1 Å². The summed E-state index contributed by atoms with van der Waals surface area (Å²) >= 11 is 0. The quantitative estimate of drug-likeness (QED) is 0.497. The topological polar surface area (TPSA) is 9.23 Å². The summed E-state index contributed by atoms with van der Waals surface area (Å²) in [4.78, 5) is 0. The lowest BCUT2D eigenvalue weighted by molar-refractivity contribution is -0.0498. The second-order valence-electron chi connectivity index (χ2n) is 7.68. The summed E-state index contributed by atoms with van der Waals surface area (Å²) < 4.78 is 28.7. The van der Waals surface area contributed by atoms with Gasteiger partial charge in [-0.1, -0.05) is 63.0 Å². The van der Waals surface area contributed by atoms with E-state index in [0.717, 1.165) is 29.4 Å². The molecule has 0 N–H and O–H groups in total. The summed E-state index contributed by atoms with van der Waals surface area (Å²) in [6, 6.07) is 14.8. The summed E-state index contributed by atoms with van der Waals surface area (Å²) in [6.45, 7) is -0.492. The van der Waals surface area contributed by atoms with Crippen LogP contribution in [-0.2, 0) is 6.42 Å². The molecule has 1 saturated carbocycles. The fraction of sp³-hybridized carbons (Fsp3) is 0.440. The molecule has 1 aliphatic rings. The third-order valence-electron chi connectivity index (χ3n) is 5.77. The monoisotopic (exact) mass is 382 g/mol. The summed E-state index contributed by atoms with van der Waals surface area (Å²) in [6.07, 6.45) is 9.36. The van der Waals surface area contributed by atoms with E-state index in [2.05, 4.69) is 47.8 Å². The van der Waals surface area contributed by atoms with Crippen LogP contribution < -0.4 is 4.74 Å². The van der Waals surface area contributed by atoms with Crippen LogP contribution >= 0.6 is 0 Å². The van der Waals surface area contributed by atoms with Crippen molar-refractivity contribution in [2.24, 2.45) is 11.8 Å². The molecule has 1 aliphatic carbocycles. The van der Waals surface area contributed by atoms with Crippen LogP contribution in [0.15, 0.2) is 48.5 Å². The van der Waals surface area contributed by atoms with Gasteiger partial charge >= 0.3 is 6.61 Å². The Hall–Kier alpha value is -2.34. The summed E-state index contributed by atoms with van der Waals surface area (Å²) in [5.41, 5.74) is 3.10. The van der Waals surface area contributed by atoms with E-state index in [0.29, 0.717) is 0 Å². The molecule has 1 fully saturated rings. The molecule has 0 aromatic heterocycles. The number of ether oxygens (including phenoxy) is 1. The SMILES string of the molecule is CCC1CCC(CCc2ccc(C#Cc3ccc(OC(F)F)cc3)cc2)CC1. The van der Waals surface area contributed by atoms with Crippen molar-refractivity contribution >= 4 is 0 Å². The lowest BCUT2D eigenvalue weighted by Crippen LogP contribution is -2.14. The van der Waals surface area contributed by atoms with Gasteiger partial charge in [0.2, 0.25) is 0 Å². The molecule has 1 nitrogen and oxygen atoms in total. The number of hydrogen-bond acceptors (Lipinski definition) is 1. The molecule has 0 aliphatic heterocycles. The highest BCUT2D eigenvalue weighted by atomic mass is 19.3. The normalized spacial score (nSPS) is 19.1. The largest absolute Gasteiger partial charge is 0.435 e. The standard InChI is InChI=1S/C25H28F2O/c1-2-19-3-5-20(6-4-19)7-8-21-9-11-22(12-10-21)13-14-23-15-17-24(18-16-23)28-25(26)27/h9-12,15-20,25H,2-8H2,1H3. The predicted octanol–water partition coefficient (Wildman–Crippen LogP) is 6.84. The van der Waals surface area contributed by atoms with Crippen LogP contribution in [0.2, 0.25) is 0 Å². The fourth-order valence-corrected chi connectivity index (χ4v) is 3.92. The maximum Gasteiger partial charge on any atom is 0.387 e. The molecule has 2 aromatic rings. The van der Waals surface area contributed by atoms with Gasteiger partial charge in [-0.15, -0.1) is 0 Å². The molecule has 0 bridgehead atoms. The summed E-state index contributed by atoms with van der Waals surface area (Å²) in [5.74, 6) is 8.18. The molecule has 3 rings (SSSR count). The average Bonchev–Trinajstić information content (AvgIpc) is 2.72. The van der Waals surface area contributed by atoms with Gasteiger partial charge in [0.25, 0.3) is 0 Å². The van der Waals surface area contributed by atoms with E-state index >= 15 is 0 Å². The molecule has 0 radical (unpaired) electrons. The van der Waals surface area contributed by atoms with Gasteiger partial charge in [0.05, 0.1) is 0 Å². The van der Waals surface area contributed by atoms with Crippen molar-refractivity contribution in [1.82, 2.24) is 0 Å². The Morgan fingerprint density at radius 3 is 1.93 bits per heavy atom. The van der Waals surface area contributed by atoms with Crippen molar-refractivity contribution in [3.63, 3.8) is 0 Å². The van der Waals surface area contributed by atoms with Crippen molar-refractivity contribution < 1.29 is 13.5 Å². The lowest BCUT2D eigenvalue weighted by atomic mass is 9.78. The van der Waals surface area contributed by atoms with E-state index < -0.39 is 6.61 Å². The maximum absolute atomic E-state index is 12.2. The molecule has 148 valence electrons. The van der Waals surface area contributed by atoms with Gasteiger partial charge in [0.1, 0.15) is 5.75 Å². The summed E-state index contributed by atoms with van der Waals surface area (Å²) in [5, 5.41) is 0. The molecule has 28 heavy (non-hydrogen) atoms. The van der Waals surface area contributed by atoms with Crippen LogP contribution in [0, 0.1) is 23.7 Å². The zero-order chi connectivity index (χ0) is 19.8. The zero-order valence-electron chi connectivity index (χ0n) is 16.5. The first-order valence-corrected chi connectivity index (χ1v) is 10.3. The van der Waals surface area contributed by atoms with Crippen molar-refractivity contribution in [2.45, 2.75) is 58.5 Å². The predicted molar refractivity (Wildman–Crippen MR) is 110 cm³/mol. The smallest absolute Gasteiger partial charge is 0.387 e. The molecule has 3 heteroatoms. The molecule has 0 heterocycles. The number of benzene rings is 2. The number of alkyl halides is 2. The maximum atomic E-state index is 12.2. The fourth-order valence-electron chi connectivity index (χ4n) is 3.92. The summed E-state index contributed by atoms with van der Waals surface area (Å²) in [7, 11) is 0. The molecule has 0 spiro atoms. The minimum absolute atomic E-state index is 0.146. The van der Waals surface area contributed by atoms with Gasteiger partial charge in [-0.3, -0.25) is 0 Å². The van der Waals surface area contributed by atoms with E-state index in [4.69, 9.17) is 0 Å². The van der Waals surface area contributed by atoms with Crippen molar-refractivity contribution in [3.8, 4) is 17.6 Å². The highest BCUT2D eigenvalue weighted by Crippen LogP contribution is 2.33. The Bertz CT molecular complexity index is 776. The van der Waals surface area contributed by atoms with E-state index in [1.54, 1.807) is 12.1 Å². The van der Waals surface area contributed by atoms with Crippen molar-refractivity contribution in [3.05, 3.63) is 65.2 Å². The van der Waals surface area contributed by atoms with Gasteiger partial charge < -0.3 is 4.74 Å². The molecule has 0 atom stereocenters. The van der Waals surface area contributed by atoms with Crippen LogP contribution in [0.4, 0.5) is 8.78 Å². The number of aryl methyl sites for hydroxylation is 1. The molecule has 0 unspecified atom stereocenters. The van der Waals surface area contributed by atoms with Crippen LogP contribution in [0.25, 0.3) is 0 Å². The molecular weight excluding hydrogens is 354 g/mol. The van der Waals surface area contributed by atoms with Crippen molar-refractivity contribution in [2.75, 3.05) is 0 Å². The molecule has 0 amide bonds. The third-order valence-corrected chi connectivity index (χ3v) is 5.77. The van der Waals surface area contributed by atoms with Crippen LogP contribution in [0.3, 0.4) is 0 Å². The molecular formula is C25H28F2O. The van der Waals surface area contributed by atoms with E-state index in [-0.39, 0.29) is 5.75 Å². The third kappa shape index (κ3) is 6.37. The van der Waals surface area contributed by atoms with E-state index in [9.17, 15) is 8.78 Å². The lowest BCUT2D eigenvalue weighted by Gasteiger charge is -2.27. The van der Waals surface area contributed by atoms with E-state index in [1.165, 1.54) is 56.2 Å². The Morgan fingerprint density at radius 1 is 0.857 bits per heavy atom. The van der Waals surface area contributed by atoms with Crippen LogP contribution in [-0.4, -0.2) is 6.61 Å². The Balaban J connectivity index is 1.49. The van der Waals surface area contributed by atoms with E-state index in [1.807, 2.05) is 0 Å². The van der Waals surface area contributed by atoms with Crippen molar-refractivity contribution in [1.29, 1.82) is 0 Å². The minimum Gasteiger partial charge on any atom is -0.435 e. The Labute approximate surface area is 167 Å². The molecule has 2 aromatic carbocycles. The second kappa shape index (κ2) is 10.3. The minimum atomic E-state index is -2.80. The first-order valence-electron chi connectivity index (χ1n) is 10.3. The van der Waals surface area contributed by atoms with Gasteiger partial charge in [0, 0.05) is 11.1 Å². The number of halogens is 2. The van der Waals surface area contributed by atoms with Gasteiger partial charge in [-0.2, -0.15) is 8.78 Å². The zero-order valence-corrected chi connectivity index (χ0v) is 16.5. The van der Waals surface area contributed by atoms with Gasteiger partial charge in [-0.05, 0) is 66.6 Å². The highest BCUT2D eigenvalue weighted by Gasteiger charge is 2.19. The Kier molecular flexibility index (Phi) is 7.48. The van der Waals surface area contributed by atoms with Gasteiger partial charge in [0.15, 0.2) is 0 Å². The average molecular weight is 382 g/mol. The van der Waals surface area contributed by atoms with Crippen LogP contribution in [0.5, 0.6) is 5.75 Å². The first kappa shape index (κ1) is 20.4.